The molecule has 0 saturated carbocycles. The zero-order valence-corrected chi connectivity index (χ0v) is 14.3. The molecule has 8 nitrogen and oxygen atoms in total. The second-order valence-electron chi connectivity index (χ2n) is 5.77. The minimum absolute atomic E-state index is 0.0325. The molecule has 8 heteroatoms. The first-order valence-corrected chi connectivity index (χ1v) is 7.63. The molecule has 0 bridgehead atoms. The summed E-state index contributed by atoms with van der Waals surface area (Å²) in [5.74, 6) is -2.85. The van der Waals surface area contributed by atoms with E-state index < -0.39 is 35.8 Å². The van der Waals surface area contributed by atoms with E-state index in [2.05, 4.69) is 10.6 Å². The molecule has 132 valence electrons. The Morgan fingerprint density at radius 2 is 1.65 bits per heavy atom. The molecule has 0 rings (SSSR count). The largest absolute Gasteiger partial charge is 0.466 e. The van der Waals surface area contributed by atoms with E-state index in [1.54, 1.807) is 27.7 Å². The van der Waals surface area contributed by atoms with Crippen molar-refractivity contribution in [3.63, 3.8) is 0 Å². The molecule has 0 saturated heterocycles. The van der Waals surface area contributed by atoms with E-state index >= 15 is 0 Å². The summed E-state index contributed by atoms with van der Waals surface area (Å²) >= 11 is 0. The van der Waals surface area contributed by atoms with E-state index in [0.29, 0.717) is 0 Å². The predicted molar refractivity (Wildman–Crippen MR) is 84.0 cm³/mol. The smallest absolute Gasteiger partial charge is 0.308 e. The van der Waals surface area contributed by atoms with Gasteiger partial charge in [-0.15, -0.1) is 0 Å². The van der Waals surface area contributed by atoms with Gasteiger partial charge < -0.3 is 21.1 Å². The first-order valence-electron chi connectivity index (χ1n) is 7.63. The van der Waals surface area contributed by atoms with Gasteiger partial charge in [0.25, 0.3) is 0 Å². The molecule has 4 N–H and O–H groups in total. The lowest BCUT2D eigenvalue weighted by molar-refractivity contribution is -0.148. The van der Waals surface area contributed by atoms with Crippen LogP contribution in [0, 0.1) is 11.8 Å². The summed E-state index contributed by atoms with van der Waals surface area (Å²) in [6, 6.07) is -1.80. The van der Waals surface area contributed by atoms with Gasteiger partial charge >= 0.3 is 5.97 Å². The molecule has 23 heavy (non-hydrogen) atoms. The molecule has 0 aromatic carbocycles. The maximum absolute atomic E-state index is 12.3. The van der Waals surface area contributed by atoms with Crippen LogP contribution in [0.15, 0.2) is 0 Å². The molecular formula is C15H27N3O5. The zero-order chi connectivity index (χ0) is 18.2. The van der Waals surface area contributed by atoms with Crippen molar-refractivity contribution in [2.75, 3.05) is 6.61 Å². The van der Waals surface area contributed by atoms with Crippen molar-refractivity contribution < 1.29 is 23.9 Å². The molecule has 0 aromatic rings. The summed E-state index contributed by atoms with van der Waals surface area (Å²) in [7, 11) is 0. The van der Waals surface area contributed by atoms with Crippen molar-refractivity contribution >= 4 is 23.7 Å². The van der Waals surface area contributed by atoms with Crippen molar-refractivity contribution in [1.82, 2.24) is 10.6 Å². The molecule has 3 amide bonds. The SMILES string of the molecule is CCOC(=O)[C@@H](C)C[C@H](NC(=O)[C@H](NC(C)=O)C(C)C)C(N)=O. The Morgan fingerprint density at radius 1 is 1.09 bits per heavy atom. The van der Waals surface area contributed by atoms with Crippen molar-refractivity contribution in [1.29, 1.82) is 0 Å². The van der Waals surface area contributed by atoms with Gasteiger partial charge in [0, 0.05) is 6.92 Å². The lowest BCUT2D eigenvalue weighted by Crippen LogP contribution is -2.55. The van der Waals surface area contributed by atoms with Crippen LogP contribution in [0.1, 0.15) is 41.0 Å². The Balaban J connectivity index is 4.91. The first-order chi connectivity index (χ1) is 10.6. The molecule has 0 aliphatic rings. The highest BCUT2D eigenvalue weighted by atomic mass is 16.5. The van der Waals surface area contributed by atoms with Gasteiger partial charge in [0.15, 0.2) is 0 Å². The summed E-state index contributed by atoms with van der Waals surface area (Å²) in [6.45, 7) is 8.33. The fraction of sp³-hybridized carbons (Fsp3) is 0.733. The van der Waals surface area contributed by atoms with Gasteiger partial charge in [-0.05, 0) is 19.3 Å². The van der Waals surface area contributed by atoms with E-state index in [0.717, 1.165) is 0 Å². The van der Waals surface area contributed by atoms with Gasteiger partial charge in [-0.25, -0.2) is 0 Å². The summed E-state index contributed by atoms with van der Waals surface area (Å²) in [6.07, 6.45) is 0.0325. The molecule has 0 spiro atoms. The second kappa shape index (κ2) is 9.81. The molecule has 0 heterocycles. The molecule has 3 atom stereocenters. The number of nitrogens with two attached hydrogens (primary N) is 1. The summed E-state index contributed by atoms with van der Waals surface area (Å²) in [5, 5.41) is 5.02. The molecule has 0 aromatic heterocycles. The Bertz CT molecular complexity index is 450. The standard InChI is InChI=1S/C15H27N3O5/c1-6-23-15(22)9(4)7-11(13(16)20)18-14(21)12(8(2)3)17-10(5)19/h8-9,11-12H,6-7H2,1-5H3,(H2,16,20)(H,17,19)(H,18,21)/t9-,11-,12+/m0/s1. The van der Waals surface area contributed by atoms with Gasteiger partial charge in [0.05, 0.1) is 12.5 Å². The lowest BCUT2D eigenvalue weighted by Gasteiger charge is -2.24. The fourth-order valence-corrected chi connectivity index (χ4v) is 2.00. The maximum Gasteiger partial charge on any atom is 0.308 e. The number of carbonyl (C=O) groups excluding carboxylic acids is 4. The monoisotopic (exact) mass is 329 g/mol. The minimum atomic E-state index is -1.02. The quantitative estimate of drug-likeness (QED) is 0.501. The van der Waals surface area contributed by atoms with Crippen LogP contribution >= 0.6 is 0 Å². The third-order valence-corrected chi connectivity index (χ3v) is 3.25. The van der Waals surface area contributed by atoms with Crippen LogP contribution in [0.4, 0.5) is 0 Å². The Labute approximate surface area is 136 Å². The number of carbonyl (C=O) groups is 4. The van der Waals surface area contributed by atoms with Crippen LogP contribution in [0.5, 0.6) is 0 Å². The highest BCUT2D eigenvalue weighted by Crippen LogP contribution is 2.10. The minimum Gasteiger partial charge on any atom is -0.466 e. The van der Waals surface area contributed by atoms with E-state index in [4.69, 9.17) is 10.5 Å². The number of primary amides is 1. The number of hydrogen-bond donors (Lipinski definition) is 3. The van der Waals surface area contributed by atoms with E-state index in [9.17, 15) is 19.2 Å². The maximum atomic E-state index is 12.3. The predicted octanol–water partition coefficient (Wildman–Crippen LogP) is -0.293. The number of amides is 3. The Hall–Kier alpha value is -2.12. The van der Waals surface area contributed by atoms with Gasteiger partial charge in [0.2, 0.25) is 17.7 Å². The topological polar surface area (TPSA) is 128 Å². The molecule has 0 unspecified atom stereocenters. The third kappa shape index (κ3) is 7.62. The van der Waals surface area contributed by atoms with Crippen molar-refractivity contribution in [3.05, 3.63) is 0 Å². The number of esters is 1. The Kier molecular flexibility index (Phi) is 8.90. The van der Waals surface area contributed by atoms with Crippen LogP contribution in [-0.4, -0.2) is 42.4 Å². The van der Waals surface area contributed by atoms with E-state index in [1.165, 1.54) is 6.92 Å². The Morgan fingerprint density at radius 3 is 2.04 bits per heavy atom. The van der Waals surface area contributed by atoms with Gasteiger partial charge in [-0.1, -0.05) is 20.8 Å². The zero-order valence-electron chi connectivity index (χ0n) is 14.3. The van der Waals surface area contributed by atoms with Crippen LogP contribution in [-0.2, 0) is 23.9 Å². The van der Waals surface area contributed by atoms with Gasteiger partial charge in [-0.3, -0.25) is 19.2 Å². The summed E-state index contributed by atoms with van der Waals surface area (Å²) < 4.78 is 4.87. The molecule has 0 aliphatic carbocycles. The molecule has 0 aliphatic heterocycles. The van der Waals surface area contributed by atoms with Crippen LogP contribution in [0.3, 0.4) is 0 Å². The van der Waals surface area contributed by atoms with Gasteiger partial charge in [0.1, 0.15) is 12.1 Å². The van der Waals surface area contributed by atoms with E-state index in [-0.39, 0.29) is 24.9 Å². The molecule has 0 radical (unpaired) electrons. The lowest BCUT2D eigenvalue weighted by atomic mass is 9.99. The van der Waals surface area contributed by atoms with Crippen molar-refractivity contribution in [2.24, 2.45) is 17.6 Å². The number of hydrogen-bond acceptors (Lipinski definition) is 5. The van der Waals surface area contributed by atoms with Crippen molar-refractivity contribution in [2.45, 2.75) is 53.1 Å². The van der Waals surface area contributed by atoms with Crippen molar-refractivity contribution in [3.8, 4) is 0 Å². The average molecular weight is 329 g/mol. The molecule has 0 fully saturated rings. The van der Waals surface area contributed by atoms with Crippen LogP contribution < -0.4 is 16.4 Å². The fourth-order valence-electron chi connectivity index (χ4n) is 2.00. The average Bonchev–Trinajstić information content (AvgIpc) is 2.43. The third-order valence-electron chi connectivity index (χ3n) is 3.25. The summed E-state index contributed by atoms with van der Waals surface area (Å²) in [5.41, 5.74) is 5.29. The second-order valence-corrected chi connectivity index (χ2v) is 5.77. The molecular weight excluding hydrogens is 302 g/mol. The van der Waals surface area contributed by atoms with Gasteiger partial charge in [-0.2, -0.15) is 0 Å². The highest BCUT2D eigenvalue weighted by Gasteiger charge is 2.29. The number of ether oxygens (including phenoxy) is 1. The summed E-state index contributed by atoms with van der Waals surface area (Å²) in [4.78, 5) is 46.6. The highest BCUT2D eigenvalue weighted by molar-refractivity contribution is 5.91. The number of nitrogens with one attached hydrogen (secondary N) is 2. The normalized spacial score (nSPS) is 14.5. The number of rotatable bonds is 9. The first kappa shape index (κ1) is 20.9. The van der Waals surface area contributed by atoms with E-state index in [1.807, 2.05) is 0 Å². The van der Waals surface area contributed by atoms with Crippen LogP contribution in [0.2, 0.25) is 0 Å². The van der Waals surface area contributed by atoms with Crippen LogP contribution in [0.25, 0.3) is 0 Å².